The van der Waals surface area contributed by atoms with E-state index in [1.54, 1.807) is 16.7 Å². The number of rotatable bonds is 5. The van der Waals surface area contributed by atoms with Gasteiger partial charge in [0.25, 0.3) is 0 Å². The van der Waals surface area contributed by atoms with Crippen LogP contribution in [0.3, 0.4) is 0 Å². The third-order valence-corrected chi connectivity index (χ3v) is 3.91. The van der Waals surface area contributed by atoms with Crippen molar-refractivity contribution in [3.8, 4) is 17.3 Å². The molecule has 0 fully saturated rings. The first-order valence-corrected chi connectivity index (χ1v) is 8.00. The predicted octanol–water partition coefficient (Wildman–Crippen LogP) is 2.96. The van der Waals surface area contributed by atoms with Crippen LogP contribution in [-0.2, 0) is 11.3 Å². The second-order valence-corrected chi connectivity index (χ2v) is 5.83. The minimum Gasteiger partial charge on any atom is -0.481 e. The van der Waals surface area contributed by atoms with Gasteiger partial charge in [-0.25, -0.2) is 4.98 Å². The van der Waals surface area contributed by atoms with E-state index in [-0.39, 0.29) is 12.5 Å². The largest absolute Gasteiger partial charge is 0.481 e. The molecule has 0 aliphatic rings. The fourth-order valence-corrected chi connectivity index (χ4v) is 2.50. The number of anilines is 1. The first kappa shape index (κ1) is 16.8. The summed E-state index contributed by atoms with van der Waals surface area (Å²) in [6.07, 6.45) is 1.53. The number of aromatic amines is 1. The van der Waals surface area contributed by atoms with Crippen LogP contribution in [0.1, 0.15) is 5.56 Å². The maximum absolute atomic E-state index is 12.3. The van der Waals surface area contributed by atoms with Gasteiger partial charge >= 0.3 is 0 Å². The summed E-state index contributed by atoms with van der Waals surface area (Å²) in [5.41, 5.74) is 2.61. The Labute approximate surface area is 149 Å². The maximum Gasteiger partial charge on any atom is 0.244 e. The highest BCUT2D eigenvalue weighted by Gasteiger charge is 2.12. The van der Waals surface area contributed by atoms with Gasteiger partial charge in [-0.1, -0.05) is 29.8 Å². The van der Waals surface area contributed by atoms with Crippen LogP contribution < -0.4 is 10.1 Å². The van der Waals surface area contributed by atoms with Crippen molar-refractivity contribution in [3.05, 3.63) is 52.9 Å². The summed E-state index contributed by atoms with van der Waals surface area (Å²) in [5, 5.41) is 9.76. The average molecular weight is 355 g/mol. The molecule has 0 unspecified atom stereocenters. The number of nitrogens with one attached hydrogen (secondary N) is 2. The molecule has 0 atom stereocenters. The number of pyridine rings is 1. The second kappa shape index (κ2) is 7.27. The molecule has 2 N–H and O–H groups in total. The molecule has 8 heteroatoms. The van der Waals surface area contributed by atoms with E-state index in [0.29, 0.717) is 22.2 Å². The van der Waals surface area contributed by atoms with Gasteiger partial charge in [-0.3, -0.25) is 14.5 Å². The van der Waals surface area contributed by atoms with Gasteiger partial charge in [0.2, 0.25) is 11.8 Å². The Hall–Kier alpha value is -3.00. The van der Waals surface area contributed by atoms with Gasteiger partial charge in [-0.2, -0.15) is 5.10 Å². The highest BCUT2D eigenvalue weighted by atomic mass is 32.1. The van der Waals surface area contributed by atoms with Crippen LogP contribution in [0.25, 0.3) is 11.4 Å². The van der Waals surface area contributed by atoms with E-state index < -0.39 is 0 Å². The van der Waals surface area contributed by atoms with Gasteiger partial charge in [0.05, 0.1) is 19.0 Å². The topological polar surface area (TPSA) is 84.8 Å². The number of benzene rings is 1. The van der Waals surface area contributed by atoms with E-state index in [2.05, 4.69) is 20.5 Å². The third kappa shape index (κ3) is 3.92. The molecule has 7 nitrogen and oxygen atoms in total. The SMILES string of the molecule is COc1ccc(NC(=O)Cn2c(-c3ccc(C)cc3)n[nH]c2=S)cn1. The van der Waals surface area contributed by atoms with Gasteiger partial charge in [-0.15, -0.1) is 0 Å². The number of hydrogen-bond donors (Lipinski definition) is 2. The summed E-state index contributed by atoms with van der Waals surface area (Å²) in [5.74, 6) is 0.877. The summed E-state index contributed by atoms with van der Waals surface area (Å²) < 4.78 is 7.04. The van der Waals surface area contributed by atoms with Crippen molar-refractivity contribution in [3.63, 3.8) is 0 Å². The van der Waals surface area contributed by atoms with E-state index in [9.17, 15) is 4.79 Å². The van der Waals surface area contributed by atoms with Crippen LogP contribution in [0.5, 0.6) is 5.88 Å². The first-order valence-electron chi connectivity index (χ1n) is 7.59. The van der Waals surface area contributed by atoms with E-state index in [1.165, 1.54) is 13.3 Å². The van der Waals surface area contributed by atoms with Crippen molar-refractivity contribution in [2.24, 2.45) is 0 Å². The van der Waals surface area contributed by atoms with E-state index in [4.69, 9.17) is 17.0 Å². The number of aryl methyl sites for hydroxylation is 1. The summed E-state index contributed by atoms with van der Waals surface area (Å²) in [7, 11) is 1.54. The zero-order valence-electron chi connectivity index (χ0n) is 13.8. The highest BCUT2D eigenvalue weighted by Crippen LogP contribution is 2.18. The van der Waals surface area contributed by atoms with Crippen LogP contribution in [0.4, 0.5) is 5.69 Å². The zero-order valence-corrected chi connectivity index (χ0v) is 14.6. The molecule has 2 aromatic heterocycles. The van der Waals surface area contributed by atoms with E-state index in [0.717, 1.165) is 11.1 Å². The van der Waals surface area contributed by atoms with Crippen molar-refractivity contribution in [2.75, 3.05) is 12.4 Å². The Bertz CT molecular complexity index is 929. The van der Waals surface area contributed by atoms with Gasteiger partial charge in [0.15, 0.2) is 10.6 Å². The Balaban J connectivity index is 1.78. The fraction of sp³-hybridized carbons (Fsp3) is 0.176. The summed E-state index contributed by atoms with van der Waals surface area (Å²) in [4.78, 5) is 16.4. The first-order chi connectivity index (χ1) is 12.1. The van der Waals surface area contributed by atoms with Crippen LogP contribution in [-0.4, -0.2) is 32.8 Å². The Kier molecular flexibility index (Phi) is 4.90. The normalized spacial score (nSPS) is 10.5. The molecule has 0 saturated carbocycles. The number of methoxy groups -OCH3 is 1. The van der Waals surface area contributed by atoms with Crippen LogP contribution in [0, 0.1) is 11.7 Å². The van der Waals surface area contributed by atoms with Crippen molar-refractivity contribution in [2.45, 2.75) is 13.5 Å². The number of carbonyl (C=O) groups excluding carboxylic acids is 1. The molecule has 3 rings (SSSR count). The minimum absolute atomic E-state index is 0.0462. The maximum atomic E-state index is 12.3. The Morgan fingerprint density at radius 2 is 2.04 bits per heavy atom. The van der Waals surface area contributed by atoms with Crippen LogP contribution >= 0.6 is 12.2 Å². The lowest BCUT2D eigenvalue weighted by Crippen LogP contribution is -2.19. The molecule has 0 saturated heterocycles. The van der Waals surface area contributed by atoms with Crippen LogP contribution in [0.15, 0.2) is 42.6 Å². The lowest BCUT2D eigenvalue weighted by Gasteiger charge is -2.08. The number of nitrogens with zero attached hydrogens (tertiary/aromatic N) is 3. The molecule has 0 spiro atoms. The van der Waals surface area contributed by atoms with E-state index in [1.807, 2.05) is 31.2 Å². The molecule has 128 valence electrons. The fourth-order valence-electron chi connectivity index (χ4n) is 2.31. The molecule has 25 heavy (non-hydrogen) atoms. The standard InChI is InChI=1S/C17H17N5O2S/c1-11-3-5-12(6-4-11)16-20-21-17(25)22(16)10-14(23)19-13-7-8-15(24-2)18-9-13/h3-9H,10H2,1-2H3,(H,19,23)(H,21,25). The summed E-state index contributed by atoms with van der Waals surface area (Å²) in [6, 6.07) is 11.3. The smallest absolute Gasteiger partial charge is 0.244 e. The summed E-state index contributed by atoms with van der Waals surface area (Å²) >= 11 is 5.25. The monoisotopic (exact) mass is 355 g/mol. The molecule has 1 amide bonds. The molecule has 0 radical (unpaired) electrons. The minimum atomic E-state index is -0.224. The second-order valence-electron chi connectivity index (χ2n) is 5.44. The number of carbonyl (C=O) groups is 1. The van der Waals surface area contributed by atoms with Gasteiger partial charge in [0, 0.05) is 11.6 Å². The van der Waals surface area contributed by atoms with Crippen molar-refractivity contribution in [1.82, 2.24) is 19.7 Å². The zero-order chi connectivity index (χ0) is 17.8. The third-order valence-electron chi connectivity index (χ3n) is 3.60. The number of amides is 1. The molecular weight excluding hydrogens is 338 g/mol. The van der Waals surface area contributed by atoms with Gasteiger partial charge in [-0.05, 0) is 25.2 Å². The highest BCUT2D eigenvalue weighted by molar-refractivity contribution is 7.71. The molecule has 1 aromatic carbocycles. The Morgan fingerprint density at radius 3 is 2.68 bits per heavy atom. The molecule has 0 aliphatic carbocycles. The summed E-state index contributed by atoms with van der Waals surface area (Å²) in [6.45, 7) is 2.06. The number of aromatic nitrogens is 4. The van der Waals surface area contributed by atoms with Crippen molar-refractivity contribution >= 4 is 23.8 Å². The molecule has 3 aromatic rings. The average Bonchev–Trinajstić information content (AvgIpc) is 2.97. The Morgan fingerprint density at radius 1 is 1.28 bits per heavy atom. The van der Waals surface area contributed by atoms with Crippen molar-refractivity contribution < 1.29 is 9.53 Å². The van der Waals surface area contributed by atoms with Crippen molar-refractivity contribution in [1.29, 1.82) is 0 Å². The molecule has 0 aliphatic heterocycles. The van der Waals surface area contributed by atoms with Gasteiger partial charge < -0.3 is 10.1 Å². The lowest BCUT2D eigenvalue weighted by atomic mass is 10.1. The van der Waals surface area contributed by atoms with Gasteiger partial charge in [0.1, 0.15) is 6.54 Å². The number of hydrogen-bond acceptors (Lipinski definition) is 5. The lowest BCUT2D eigenvalue weighted by molar-refractivity contribution is -0.116. The molecule has 0 bridgehead atoms. The van der Waals surface area contributed by atoms with E-state index >= 15 is 0 Å². The quantitative estimate of drug-likeness (QED) is 0.687. The molecule has 2 heterocycles. The van der Waals surface area contributed by atoms with Crippen LogP contribution in [0.2, 0.25) is 0 Å². The molecular formula is C17H17N5O2S. The number of H-pyrrole nitrogens is 1. The predicted molar refractivity (Wildman–Crippen MR) is 97.0 cm³/mol. The number of ether oxygens (including phenoxy) is 1.